The first kappa shape index (κ1) is 25.3. The number of nitrogens with one attached hydrogen (secondary N) is 2. The van der Waals surface area contributed by atoms with Gasteiger partial charge in [-0.3, -0.25) is 4.79 Å². The summed E-state index contributed by atoms with van der Waals surface area (Å²) in [5, 5.41) is 3.44. The quantitative estimate of drug-likeness (QED) is 0.381. The summed E-state index contributed by atoms with van der Waals surface area (Å²) in [5.74, 6) is -0.186. The van der Waals surface area contributed by atoms with Gasteiger partial charge < -0.3 is 10.1 Å². The lowest BCUT2D eigenvalue weighted by Crippen LogP contribution is -2.45. The summed E-state index contributed by atoms with van der Waals surface area (Å²) >= 11 is 18.1. The molecule has 10 heteroatoms. The fourth-order valence-electron chi connectivity index (χ4n) is 3.02. The van der Waals surface area contributed by atoms with E-state index in [0.717, 1.165) is 5.56 Å². The maximum absolute atomic E-state index is 13.1. The van der Waals surface area contributed by atoms with E-state index in [-0.39, 0.29) is 21.4 Å². The molecule has 0 bridgehead atoms. The highest BCUT2D eigenvalue weighted by Gasteiger charge is 2.27. The van der Waals surface area contributed by atoms with Gasteiger partial charge in [-0.15, -0.1) is 0 Å². The molecule has 0 spiro atoms. The molecule has 1 atom stereocenters. The van der Waals surface area contributed by atoms with E-state index in [1.807, 2.05) is 30.3 Å². The predicted molar refractivity (Wildman–Crippen MR) is 132 cm³/mol. The van der Waals surface area contributed by atoms with Crippen LogP contribution in [0.4, 0.5) is 5.69 Å². The molecule has 0 fully saturated rings. The van der Waals surface area contributed by atoms with Crippen molar-refractivity contribution in [2.45, 2.75) is 24.3 Å². The van der Waals surface area contributed by atoms with E-state index in [9.17, 15) is 13.2 Å². The maximum atomic E-state index is 13.1. The minimum Gasteiger partial charge on any atom is -0.492 e. The second kappa shape index (κ2) is 11.2. The number of carbonyl (C=O) groups is 1. The molecular weight excluding hydrogens is 507 g/mol. The molecule has 2 N–H and O–H groups in total. The van der Waals surface area contributed by atoms with Crippen LogP contribution in [0.3, 0.4) is 0 Å². The predicted octanol–water partition coefficient (Wildman–Crippen LogP) is 5.57. The molecule has 0 radical (unpaired) electrons. The molecule has 6 nitrogen and oxygen atoms in total. The number of halogens is 3. The zero-order valence-corrected chi connectivity index (χ0v) is 20.6. The van der Waals surface area contributed by atoms with Crippen LogP contribution in [0.5, 0.6) is 5.75 Å². The zero-order valence-electron chi connectivity index (χ0n) is 17.5. The van der Waals surface area contributed by atoms with Crippen molar-refractivity contribution in [2.75, 3.05) is 11.9 Å². The molecule has 0 aliphatic carbocycles. The van der Waals surface area contributed by atoms with Crippen molar-refractivity contribution < 1.29 is 17.9 Å². The average molecular weight is 528 g/mol. The van der Waals surface area contributed by atoms with Gasteiger partial charge in [-0.05, 0) is 55.3 Å². The van der Waals surface area contributed by atoms with E-state index >= 15 is 0 Å². The summed E-state index contributed by atoms with van der Waals surface area (Å²) in [6, 6.07) is 16.7. The van der Waals surface area contributed by atoms with Crippen LogP contribution in [0.25, 0.3) is 0 Å². The fourth-order valence-corrected chi connectivity index (χ4v) is 4.84. The first-order valence-electron chi connectivity index (χ1n) is 9.94. The van der Waals surface area contributed by atoms with Gasteiger partial charge in [0.1, 0.15) is 11.8 Å². The van der Waals surface area contributed by atoms with Crippen LogP contribution < -0.4 is 14.8 Å². The molecule has 0 aromatic heterocycles. The second-order valence-electron chi connectivity index (χ2n) is 7.01. The lowest BCUT2D eigenvalue weighted by Gasteiger charge is -2.19. The van der Waals surface area contributed by atoms with Crippen molar-refractivity contribution >= 4 is 56.4 Å². The number of hydrogen-bond donors (Lipinski definition) is 2. The third-order valence-corrected chi connectivity index (χ3v) is 7.10. The summed E-state index contributed by atoms with van der Waals surface area (Å²) in [6.07, 6.45) is 0.123. The summed E-state index contributed by atoms with van der Waals surface area (Å²) < 4.78 is 34.0. The number of anilines is 1. The maximum Gasteiger partial charge on any atom is 0.242 e. The lowest BCUT2D eigenvalue weighted by molar-refractivity contribution is -0.117. The Balaban J connectivity index is 1.87. The zero-order chi connectivity index (χ0) is 24.0. The van der Waals surface area contributed by atoms with Gasteiger partial charge in [0.25, 0.3) is 0 Å². The van der Waals surface area contributed by atoms with Crippen molar-refractivity contribution in [3.63, 3.8) is 0 Å². The molecule has 0 aliphatic rings. The largest absolute Gasteiger partial charge is 0.492 e. The minimum absolute atomic E-state index is 0.0867. The van der Waals surface area contributed by atoms with E-state index in [4.69, 9.17) is 39.5 Å². The molecule has 0 saturated heterocycles. The van der Waals surface area contributed by atoms with Crippen LogP contribution in [0.2, 0.25) is 15.1 Å². The van der Waals surface area contributed by atoms with Crippen LogP contribution in [-0.4, -0.2) is 27.0 Å². The Labute approximate surface area is 207 Å². The third kappa shape index (κ3) is 6.85. The van der Waals surface area contributed by atoms with E-state index in [1.165, 1.54) is 30.3 Å². The first-order chi connectivity index (χ1) is 15.7. The minimum atomic E-state index is -4.08. The molecule has 3 aromatic rings. The normalized spacial score (nSPS) is 12.2. The van der Waals surface area contributed by atoms with Gasteiger partial charge >= 0.3 is 0 Å². The molecule has 0 unspecified atom stereocenters. The van der Waals surface area contributed by atoms with Crippen molar-refractivity contribution in [1.82, 2.24) is 4.72 Å². The molecular formula is C23H21Cl3N2O4S. The van der Waals surface area contributed by atoms with Crippen LogP contribution in [0, 0.1) is 0 Å². The Bertz CT molecular complexity index is 1240. The smallest absolute Gasteiger partial charge is 0.242 e. The monoisotopic (exact) mass is 526 g/mol. The highest BCUT2D eigenvalue weighted by atomic mass is 35.5. The number of hydrogen-bond acceptors (Lipinski definition) is 4. The van der Waals surface area contributed by atoms with Gasteiger partial charge in [-0.2, -0.15) is 4.72 Å². The topological polar surface area (TPSA) is 84.5 Å². The molecule has 1 amide bonds. The number of rotatable bonds is 9. The number of ether oxygens (including phenoxy) is 1. The molecule has 0 saturated carbocycles. The van der Waals surface area contributed by atoms with Gasteiger partial charge in [0.05, 0.1) is 26.6 Å². The summed E-state index contributed by atoms with van der Waals surface area (Å²) in [4.78, 5) is 13.0. The van der Waals surface area contributed by atoms with E-state index in [0.29, 0.717) is 23.1 Å². The average Bonchev–Trinajstić information content (AvgIpc) is 2.78. The van der Waals surface area contributed by atoms with Gasteiger partial charge in [0, 0.05) is 5.69 Å². The van der Waals surface area contributed by atoms with Gasteiger partial charge in [0.2, 0.25) is 15.9 Å². The molecule has 3 rings (SSSR count). The summed E-state index contributed by atoms with van der Waals surface area (Å²) in [6.45, 7) is 2.18. The Hall–Kier alpha value is -2.29. The van der Waals surface area contributed by atoms with Gasteiger partial charge in [-0.1, -0.05) is 65.1 Å². The van der Waals surface area contributed by atoms with E-state index in [2.05, 4.69) is 10.0 Å². The van der Waals surface area contributed by atoms with Crippen LogP contribution in [-0.2, 0) is 21.2 Å². The van der Waals surface area contributed by atoms with E-state index < -0.39 is 22.0 Å². The highest BCUT2D eigenvalue weighted by Crippen LogP contribution is 2.28. The molecule has 3 aromatic carbocycles. The van der Waals surface area contributed by atoms with E-state index in [1.54, 1.807) is 13.0 Å². The Morgan fingerprint density at radius 3 is 2.30 bits per heavy atom. The Morgan fingerprint density at radius 2 is 1.67 bits per heavy atom. The van der Waals surface area contributed by atoms with Gasteiger partial charge in [0.15, 0.2) is 0 Å². The van der Waals surface area contributed by atoms with Crippen LogP contribution in [0.1, 0.15) is 12.5 Å². The second-order valence-corrected chi connectivity index (χ2v) is 9.94. The van der Waals surface area contributed by atoms with Crippen molar-refractivity contribution in [1.29, 1.82) is 0 Å². The van der Waals surface area contributed by atoms with Crippen molar-refractivity contribution in [3.8, 4) is 5.75 Å². The molecule has 174 valence electrons. The first-order valence-corrected chi connectivity index (χ1v) is 12.6. The number of amides is 1. The van der Waals surface area contributed by atoms with Crippen molar-refractivity contribution in [2.24, 2.45) is 0 Å². The number of sulfonamides is 1. The summed E-state index contributed by atoms with van der Waals surface area (Å²) in [5.41, 5.74) is 1.16. The van der Waals surface area contributed by atoms with Gasteiger partial charge in [-0.25, -0.2) is 8.42 Å². The van der Waals surface area contributed by atoms with Crippen LogP contribution in [0.15, 0.2) is 71.6 Å². The Morgan fingerprint density at radius 1 is 0.939 bits per heavy atom. The Kier molecular flexibility index (Phi) is 8.62. The van der Waals surface area contributed by atoms with Crippen LogP contribution >= 0.6 is 34.8 Å². The number of benzene rings is 3. The molecule has 33 heavy (non-hydrogen) atoms. The van der Waals surface area contributed by atoms with Crippen molar-refractivity contribution in [3.05, 3.63) is 87.4 Å². The molecule has 0 heterocycles. The summed E-state index contributed by atoms with van der Waals surface area (Å²) in [7, 11) is -4.08. The SMILES string of the molecule is CCOc1ccc(S(=O)(=O)N[C@@H](Cc2ccccc2)C(=O)Nc2ccc(Cl)c(Cl)c2)cc1Cl. The molecule has 0 aliphatic heterocycles. The highest BCUT2D eigenvalue weighted by molar-refractivity contribution is 7.89. The lowest BCUT2D eigenvalue weighted by atomic mass is 10.1. The number of carbonyl (C=O) groups excluding carboxylic acids is 1. The standard InChI is InChI=1S/C23H21Cl3N2O4S/c1-2-32-22-11-9-17(14-20(22)26)33(30,31)28-21(12-15-6-4-3-5-7-15)23(29)27-16-8-10-18(24)19(25)13-16/h3-11,13-14,21,28H,2,12H2,1H3,(H,27,29)/t21-/m0/s1. The third-order valence-electron chi connectivity index (χ3n) is 4.60. The fraction of sp³-hybridized carbons (Fsp3) is 0.174.